The Kier molecular flexibility index (Phi) is 10.6. The van der Waals surface area contributed by atoms with E-state index in [0.29, 0.717) is 5.76 Å². The van der Waals surface area contributed by atoms with Crippen LogP contribution in [0.1, 0.15) is 36.0 Å². The van der Waals surface area contributed by atoms with Gasteiger partial charge in [0.15, 0.2) is 54.4 Å². The van der Waals surface area contributed by atoms with E-state index in [2.05, 4.69) is 31.8 Å². The first-order chi connectivity index (χ1) is 17.5. The largest absolute Gasteiger partial charge is 0.519 e. The molecule has 0 saturated heterocycles. The molecule has 0 aromatic carbocycles. The zero-order valence-electron chi connectivity index (χ0n) is 19.9. The second kappa shape index (κ2) is 13.6. The topological polar surface area (TPSA) is 221 Å². The Hall–Kier alpha value is -4.41. The highest BCUT2D eigenvalue weighted by Gasteiger charge is 2.15. The maximum atomic E-state index is 11.5. The van der Waals surface area contributed by atoms with Crippen molar-refractivity contribution >= 4 is 29.1 Å². The molecule has 0 saturated carbocycles. The number of nitrogens with one attached hydrogen (secondary N) is 1. The molecule has 3 aromatic rings. The minimum Gasteiger partial charge on any atom is -0.456 e. The zero-order valence-corrected chi connectivity index (χ0v) is 20.7. The van der Waals surface area contributed by atoms with E-state index in [9.17, 15) is 28.8 Å². The van der Waals surface area contributed by atoms with Gasteiger partial charge in [0.05, 0.1) is 0 Å². The molecule has 1 N–H and O–H groups in total. The Morgan fingerprint density at radius 3 is 1.49 bits per heavy atom. The normalized spacial score (nSPS) is 10.3. The maximum absolute atomic E-state index is 11.5. The maximum Gasteiger partial charge on any atom is 0.519 e. The molecule has 0 radical (unpaired) electrons. The van der Waals surface area contributed by atoms with Gasteiger partial charge in [-0.25, -0.2) is 24.0 Å². The summed E-state index contributed by atoms with van der Waals surface area (Å²) in [6.45, 7) is 3.30. The van der Waals surface area contributed by atoms with Gasteiger partial charge in [0.2, 0.25) is 0 Å². The molecule has 0 bridgehead atoms. The molecular weight excluding hydrogens is 526 g/mol. The average Bonchev–Trinajstić information content (AvgIpc) is 3.47. The van der Waals surface area contributed by atoms with E-state index in [1.165, 1.54) is 13.8 Å². The summed E-state index contributed by atoms with van der Waals surface area (Å²) >= 11 is 0.945. The van der Waals surface area contributed by atoms with Crippen molar-refractivity contribution in [1.29, 1.82) is 0 Å². The van der Waals surface area contributed by atoms with Crippen LogP contribution in [0.3, 0.4) is 0 Å². The van der Waals surface area contributed by atoms with Crippen LogP contribution in [0.2, 0.25) is 0 Å². The molecular formula is C20H23NO15S. The molecule has 0 aliphatic rings. The lowest BCUT2D eigenvalue weighted by Gasteiger charge is -2.06. The van der Waals surface area contributed by atoms with Crippen molar-refractivity contribution in [3.8, 4) is 0 Å². The predicted octanol–water partition coefficient (Wildman–Crippen LogP) is 2.15. The van der Waals surface area contributed by atoms with Gasteiger partial charge in [0.1, 0.15) is 6.54 Å². The van der Waals surface area contributed by atoms with E-state index < -0.39 is 41.4 Å². The van der Waals surface area contributed by atoms with Gasteiger partial charge < -0.3 is 46.0 Å². The summed E-state index contributed by atoms with van der Waals surface area (Å²) < 4.78 is 41.8. The van der Waals surface area contributed by atoms with Gasteiger partial charge in [-0.2, -0.15) is 0 Å². The summed E-state index contributed by atoms with van der Waals surface area (Å²) in [5, 5.41) is 1.71. The Balaban J connectivity index is 0.000000438. The minimum absolute atomic E-state index is 0. The SMILES string of the molecule is CSC(=O)OCc1oc(=O)oc1C.Cc1oc(=O)oc1COC(=O)CNC(=O)OCc1oc(=O)oc1C.[HH]. The van der Waals surface area contributed by atoms with Gasteiger partial charge in [0.25, 0.3) is 0 Å². The van der Waals surface area contributed by atoms with E-state index in [0.717, 1.165) is 11.8 Å². The minimum atomic E-state index is -0.929. The molecule has 37 heavy (non-hydrogen) atoms. The van der Waals surface area contributed by atoms with Crippen molar-refractivity contribution in [2.75, 3.05) is 12.8 Å². The first-order valence-electron chi connectivity index (χ1n) is 10.0. The summed E-state index contributed by atoms with van der Waals surface area (Å²) in [6, 6.07) is 0. The Morgan fingerprint density at radius 2 is 1.11 bits per heavy atom. The van der Waals surface area contributed by atoms with E-state index in [4.69, 9.17) is 14.2 Å². The number of alkyl carbamates (subject to hydrolysis) is 1. The van der Waals surface area contributed by atoms with Crippen LogP contribution in [-0.4, -0.2) is 30.2 Å². The number of esters is 1. The van der Waals surface area contributed by atoms with Gasteiger partial charge >= 0.3 is 34.8 Å². The Labute approximate surface area is 211 Å². The summed E-state index contributed by atoms with van der Waals surface area (Å²) in [5.74, 6) is -2.30. The Morgan fingerprint density at radius 1 is 0.703 bits per heavy atom. The van der Waals surface area contributed by atoms with Gasteiger partial charge in [0, 0.05) is 1.43 Å². The third-order valence-corrected chi connectivity index (χ3v) is 4.52. The number of carbonyl (C=O) groups excluding carboxylic acids is 3. The quantitative estimate of drug-likeness (QED) is 0.314. The second-order valence-corrected chi connectivity index (χ2v) is 7.38. The molecule has 3 rings (SSSR count). The predicted molar refractivity (Wildman–Crippen MR) is 120 cm³/mol. The number of ether oxygens (including phenoxy) is 3. The van der Waals surface area contributed by atoms with Crippen LogP contribution in [0.15, 0.2) is 40.9 Å². The van der Waals surface area contributed by atoms with E-state index in [1.807, 2.05) is 0 Å². The third-order valence-electron chi connectivity index (χ3n) is 4.07. The molecule has 0 aliphatic carbocycles. The second-order valence-electron chi connectivity index (χ2n) is 6.63. The van der Waals surface area contributed by atoms with Crippen LogP contribution in [0, 0.1) is 20.8 Å². The number of carbonyl (C=O) groups is 3. The van der Waals surface area contributed by atoms with Gasteiger partial charge in [-0.15, -0.1) is 0 Å². The van der Waals surface area contributed by atoms with Crippen molar-refractivity contribution in [2.45, 2.75) is 40.6 Å². The van der Waals surface area contributed by atoms with Crippen molar-refractivity contribution in [1.82, 2.24) is 5.32 Å². The molecule has 0 spiro atoms. The van der Waals surface area contributed by atoms with E-state index in [-0.39, 0.29) is 50.0 Å². The fourth-order valence-corrected chi connectivity index (χ4v) is 2.40. The lowest BCUT2D eigenvalue weighted by atomic mass is 10.4. The van der Waals surface area contributed by atoms with Crippen LogP contribution in [0.4, 0.5) is 9.59 Å². The first kappa shape index (κ1) is 28.8. The fraction of sp³-hybridized carbons (Fsp3) is 0.400. The van der Waals surface area contributed by atoms with Crippen LogP contribution in [0.25, 0.3) is 0 Å². The number of aryl methyl sites for hydroxylation is 3. The molecule has 16 nitrogen and oxygen atoms in total. The fourth-order valence-electron chi connectivity index (χ4n) is 2.23. The highest BCUT2D eigenvalue weighted by atomic mass is 32.2. The van der Waals surface area contributed by atoms with Crippen LogP contribution >= 0.6 is 11.8 Å². The van der Waals surface area contributed by atoms with Crippen molar-refractivity contribution < 1.29 is 56.5 Å². The molecule has 0 fully saturated rings. The number of hydrogen-bond acceptors (Lipinski definition) is 16. The molecule has 0 aliphatic heterocycles. The van der Waals surface area contributed by atoms with Gasteiger partial charge in [-0.05, 0) is 38.8 Å². The lowest BCUT2D eigenvalue weighted by molar-refractivity contribution is -0.144. The molecule has 0 atom stereocenters. The van der Waals surface area contributed by atoms with Crippen molar-refractivity contribution in [3.63, 3.8) is 0 Å². The summed E-state index contributed by atoms with van der Waals surface area (Å²) in [4.78, 5) is 65.7. The van der Waals surface area contributed by atoms with Crippen LogP contribution in [-0.2, 0) is 38.8 Å². The monoisotopic (exact) mass is 549 g/mol. The number of rotatable bonds is 8. The number of hydrogen-bond donors (Lipinski definition) is 1. The molecule has 0 unspecified atom stereocenters. The molecule has 204 valence electrons. The number of thioether (sulfide) groups is 1. The highest BCUT2D eigenvalue weighted by Crippen LogP contribution is 2.09. The van der Waals surface area contributed by atoms with Crippen molar-refractivity contribution in [3.05, 3.63) is 66.4 Å². The van der Waals surface area contributed by atoms with E-state index >= 15 is 0 Å². The van der Waals surface area contributed by atoms with E-state index in [1.54, 1.807) is 13.2 Å². The van der Waals surface area contributed by atoms with Gasteiger partial charge in [-0.1, -0.05) is 0 Å². The summed E-state index contributed by atoms with van der Waals surface area (Å²) in [7, 11) is 0. The average molecular weight is 549 g/mol. The van der Waals surface area contributed by atoms with Crippen LogP contribution in [0.5, 0.6) is 0 Å². The van der Waals surface area contributed by atoms with Gasteiger partial charge in [-0.3, -0.25) is 4.79 Å². The third kappa shape index (κ3) is 9.63. The summed E-state index contributed by atoms with van der Waals surface area (Å²) in [5.41, 5.74) is 0. The zero-order chi connectivity index (χ0) is 27.5. The summed E-state index contributed by atoms with van der Waals surface area (Å²) in [6.07, 6.45) is 0.669. The highest BCUT2D eigenvalue weighted by molar-refractivity contribution is 8.12. The molecule has 17 heteroatoms. The Bertz CT molecular complexity index is 1320. The first-order valence-corrected chi connectivity index (χ1v) is 11.3. The van der Waals surface area contributed by atoms with Crippen LogP contribution < -0.4 is 22.8 Å². The van der Waals surface area contributed by atoms with Crippen molar-refractivity contribution in [2.24, 2.45) is 0 Å². The smallest absolute Gasteiger partial charge is 0.456 e. The lowest BCUT2D eigenvalue weighted by Crippen LogP contribution is -2.31. The molecule has 1 amide bonds. The standard InChI is InChI=1S/C13H13NO10.C7H8O5S.H2/c1-6-8(23-12(17)21-6)4-19-10(15)3-14-11(16)20-5-9-7(2)22-13(18)24-9;1-4-5(12-6(8)11-4)3-10-7(9)13-2;/h3-5H2,1-2H3,(H,14,16);3H2,1-2H3;1H. The molecule has 3 heterocycles. The number of amides is 1. The molecule has 3 aromatic heterocycles.